The Morgan fingerprint density at radius 3 is 2.59 bits per heavy atom. The molecule has 0 amide bonds. The van der Waals surface area contributed by atoms with Crippen LogP contribution >= 0.6 is 11.6 Å². The number of aromatic nitrogens is 5. The van der Waals surface area contributed by atoms with E-state index in [0.717, 1.165) is 33.7 Å². The summed E-state index contributed by atoms with van der Waals surface area (Å²) in [5, 5.41) is 11.9. The minimum Gasteiger partial charge on any atom is -0.469 e. The largest absolute Gasteiger partial charge is 0.469 e. The van der Waals surface area contributed by atoms with Gasteiger partial charge < -0.3 is 9.30 Å². The molecule has 0 saturated carbocycles. The van der Waals surface area contributed by atoms with Gasteiger partial charge in [0.05, 0.1) is 25.8 Å². The molecule has 3 heterocycles. The molecule has 0 aliphatic carbocycles. The SMILES string of the molecule is COC(=O)Cc1ccc(C2=C(C)N=C(Cn3ccc(-c4cc(Cl)ccc4-n4cnnn4)cc3=O)C2)cc1. The van der Waals surface area contributed by atoms with Crippen LogP contribution in [-0.2, 0) is 22.5 Å². The molecular weight excluding hydrogens is 492 g/mol. The Morgan fingerprint density at radius 2 is 1.89 bits per heavy atom. The van der Waals surface area contributed by atoms with Crippen molar-refractivity contribution in [3.8, 4) is 16.8 Å². The number of carbonyl (C=O) groups excluding carboxylic acids is 1. The van der Waals surface area contributed by atoms with Gasteiger partial charge >= 0.3 is 5.97 Å². The average molecular weight is 515 g/mol. The number of nitrogens with zero attached hydrogens (tertiary/aromatic N) is 6. The molecule has 2 aromatic carbocycles. The summed E-state index contributed by atoms with van der Waals surface area (Å²) < 4.78 is 7.90. The lowest BCUT2D eigenvalue weighted by Crippen LogP contribution is -2.22. The number of ether oxygens (including phenoxy) is 1. The van der Waals surface area contributed by atoms with Gasteiger partial charge in [-0.1, -0.05) is 35.9 Å². The standard InChI is InChI=1S/C27H23ClN6O3/c1-17-23(19-5-3-18(4-6-19)11-27(36)37-2)14-22(30-17)15-33-10-9-20(12-26(33)35)24-13-21(28)7-8-25(24)34-16-29-31-32-34/h3-10,12-13,16H,11,14-15H2,1-2H3. The van der Waals surface area contributed by atoms with Crippen LogP contribution in [0, 0.1) is 0 Å². The van der Waals surface area contributed by atoms with Crippen molar-refractivity contribution in [2.75, 3.05) is 7.11 Å². The molecule has 10 heteroatoms. The number of aliphatic imine (C=N–C) groups is 1. The highest BCUT2D eigenvalue weighted by molar-refractivity contribution is 6.31. The zero-order valence-electron chi connectivity index (χ0n) is 20.3. The normalized spacial score (nSPS) is 13.1. The molecule has 1 aliphatic heterocycles. The van der Waals surface area contributed by atoms with Crippen LogP contribution in [0.25, 0.3) is 22.4 Å². The predicted octanol–water partition coefficient (Wildman–Crippen LogP) is 4.14. The van der Waals surface area contributed by atoms with E-state index in [-0.39, 0.29) is 17.9 Å². The van der Waals surface area contributed by atoms with Crippen molar-refractivity contribution in [1.82, 2.24) is 24.8 Å². The van der Waals surface area contributed by atoms with Gasteiger partial charge in [0.1, 0.15) is 6.33 Å². The third kappa shape index (κ3) is 5.26. The van der Waals surface area contributed by atoms with Gasteiger partial charge in [-0.2, -0.15) is 4.68 Å². The van der Waals surface area contributed by atoms with E-state index in [1.54, 1.807) is 29.0 Å². The predicted molar refractivity (Wildman–Crippen MR) is 141 cm³/mol. The monoisotopic (exact) mass is 514 g/mol. The number of methoxy groups -OCH3 is 1. The van der Waals surface area contributed by atoms with Gasteiger partial charge in [-0.15, -0.1) is 5.10 Å². The third-order valence-electron chi connectivity index (χ3n) is 6.24. The molecule has 0 unspecified atom stereocenters. The lowest BCUT2D eigenvalue weighted by atomic mass is 9.99. The fourth-order valence-corrected chi connectivity index (χ4v) is 4.53. The third-order valence-corrected chi connectivity index (χ3v) is 6.47. The molecule has 186 valence electrons. The van der Waals surface area contributed by atoms with Crippen molar-refractivity contribution in [3.63, 3.8) is 0 Å². The number of hydrogen-bond acceptors (Lipinski definition) is 7. The first-order chi connectivity index (χ1) is 17.9. The lowest BCUT2D eigenvalue weighted by molar-refractivity contribution is -0.139. The fourth-order valence-electron chi connectivity index (χ4n) is 4.35. The summed E-state index contributed by atoms with van der Waals surface area (Å²) in [6.45, 7) is 2.35. The van der Waals surface area contributed by atoms with Crippen LogP contribution in [0.4, 0.5) is 0 Å². The molecule has 9 nitrogen and oxygen atoms in total. The van der Waals surface area contributed by atoms with Crippen molar-refractivity contribution in [3.05, 3.63) is 99.3 Å². The zero-order chi connectivity index (χ0) is 25.9. The number of allylic oxidation sites excluding steroid dienone is 2. The Hall–Kier alpha value is -4.37. The van der Waals surface area contributed by atoms with E-state index in [9.17, 15) is 9.59 Å². The molecule has 5 rings (SSSR count). The Morgan fingerprint density at radius 1 is 1.08 bits per heavy atom. The summed E-state index contributed by atoms with van der Waals surface area (Å²) in [6.07, 6.45) is 4.14. The number of carbonyl (C=O) groups is 1. The number of tetrazole rings is 1. The molecular formula is C27H23ClN6O3. The minimum atomic E-state index is -0.270. The Kier molecular flexibility index (Phi) is 6.78. The maximum atomic E-state index is 13.0. The van der Waals surface area contributed by atoms with Crippen molar-refractivity contribution >= 4 is 28.9 Å². The zero-order valence-corrected chi connectivity index (χ0v) is 21.0. The van der Waals surface area contributed by atoms with Crippen LogP contribution in [-0.4, -0.2) is 43.6 Å². The van der Waals surface area contributed by atoms with Crippen molar-refractivity contribution in [2.45, 2.75) is 26.3 Å². The lowest BCUT2D eigenvalue weighted by Gasteiger charge is -2.11. The first-order valence-electron chi connectivity index (χ1n) is 11.6. The second kappa shape index (κ2) is 10.3. The van der Waals surface area contributed by atoms with E-state index in [1.165, 1.54) is 18.1 Å². The van der Waals surface area contributed by atoms with Crippen molar-refractivity contribution in [1.29, 1.82) is 0 Å². The molecule has 0 spiro atoms. The van der Waals surface area contributed by atoms with Crippen LogP contribution in [0.15, 0.2) is 82.6 Å². The van der Waals surface area contributed by atoms with Gasteiger partial charge in [0.25, 0.3) is 5.56 Å². The number of pyridine rings is 1. The van der Waals surface area contributed by atoms with E-state index < -0.39 is 0 Å². The minimum absolute atomic E-state index is 0.152. The molecule has 0 N–H and O–H groups in total. The van der Waals surface area contributed by atoms with E-state index in [1.807, 2.05) is 43.3 Å². The topological polar surface area (TPSA) is 104 Å². The van der Waals surface area contributed by atoms with E-state index in [2.05, 4.69) is 15.5 Å². The average Bonchev–Trinajstić information content (AvgIpc) is 3.55. The van der Waals surface area contributed by atoms with Gasteiger partial charge in [0, 0.05) is 40.7 Å². The van der Waals surface area contributed by atoms with Crippen LogP contribution in [0.2, 0.25) is 5.02 Å². The maximum absolute atomic E-state index is 13.0. The summed E-state index contributed by atoms with van der Waals surface area (Å²) >= 11 is 6.24. The number of rotatable bonds is 7. The van der Waals surface area contributed by atoms with Gasteiger partial charge in [0.2, 0.25) is 0 Å². The van der Waals surface area contributed by atoms with Crippen LogP contribution in [0.3, 0.4) is 0 Å². The molecule has 0 atom stereocenters. The van der Waals surface area contributed by atoms with Gasteiger partial charge in [-0.3, -0.25) is 14.6 Å². The molecule has 0 fully saturated rings. The fraction of sp³-hybridized carbons (Fsp3) is 0.185. The summed E-state index contributed by atoms with van der Waals surface area (Å²) in [4.78, 5) is 29.3. The smallest absolute Gasteiger partial charge is 0.309 e. The number of esters is 1. The van der Waals surface area contributed by atoms with Gasteiger partial charge in [-0.25, -0.2) is 0 Å². The first kappa shape index (κ1) is 24.3. The highest BCUT2D eigenvalue weighted by Gasteiger charge is 2.18. The quantitative estimate of drug-likeness (QED) is 0.343. The van der Waals surface area contributed by atoms with Crippen molar-refractivity contribution in [2.24, 2.45) is 4.99 Å². The molecule has 37 heavy (non-hydrogen) atoms. The highest BCUT2D eigenvalue weighted by Crippen LogP contribution is 2.31. The molecule has 0 saturated heterocycles. The van der Waals surface area contributed by atoms with Crippen molar-refractivity contribution < 1.29 is 9.53 Å². The van der Waals surface area contributed by atoms with Crippen LogP contribution < -0.4 is 5.56 Å². The highest BCUT2D eigenvalue weighted by atomic mass is 35.5. The molecule has 4 aromatic rings. The Bertz CT molecular complexity index is 1590. The number of halogens is 1. The summed E-state index contributed by atoms with van der Waals surface area (Å²) in [6, 6.07) is 16.6. The molecule has 1 aliphatic rings. The van der Waals surface area contributed by atoms with E-state index in [0.29, 0.717) is 29.2 Å². The van der Waals surface area contributed by atoms with Gasteiger partial charge in [-0.05, 0) is 63.9 Å². The van der Waals surface area contributed by atoms with Gasteiger partial charge in [0.15, 0.2) is 0 Å². The van der Waals surface area contributed by atoms with E-state index in [4.69, 9.17) is 21.3 Å². The molecule has 0 radical (unpaired) electrons. The maximum Gasteiger partial charge on any atom is 0.309 e. The van der Waals surface area contributed by atoms with Crippen LogP contribution in [0.5, 0.6) is 0 Å². The Balaban J connectivity index is 1.32. The van der Waals surface area contributed by atoms with Crippen LogP contribution in [0.1, 0.15) is 24.5 Å². The second-order valence-corrected chi connectivity index (χ2v) is 9.10. The summed E-state index contributed by atoms with van der Waals surface area (Å²) in [5.74, 6) is -0.270. The Labute approximate surface area is 217 Å². The first-order valence-corrected chi connectivity index (χ1v) is 11.9. The summed E-state index contributed by atoms with van der Waals surface area (Å²) in [7, 11) is 1.38. The number of benzene rings is 2. The molecule has 0 bridgehead atoms. The number of hydrogen-bond donors (Lipinski definition) is 0. The summed E-state index contributed by atoms with van der Waals surface area (Å²) in [5.41, 5.74) is 6.89. The van der Waals surface area contributed by atoms with E-state index >= 15 is 0 Å². The molecule has 2 aromatic heterocycles. The second-order valence-electron chi connectivity index (χ2n) is 8.67.